The first-order valence-electron chi connectivity index (χ1n) is 4.62. The Labute approximate surface area is 110 Å². The molecular weight excluding hydrogens is 287 g/mol. The van der Waals surface area contributed by atoms with Crippen LogP contribution in [0, 0.1) is 0 Å². The minimum absolute atomic E-state index is 0.0512. The largest absolute Gasteiger partial charge is 0.352 e. The summed E-state index contributed by atoms with van der Waals surface area (Å²) in [6.07, 6.45) is 1.17. The van der Waals surface area contributed by atoms with Gasteiger partial charge >= 0.3 is 0 Å². The zero-order valence-corrected chi connectivity index (χ0v) is 11.9. The zero-order valence-electron chi connectivity index (χ0n) is 9.53. The Bertz CT molecular complexity index is 498. The number of nitrogens with zero attached hydrogens (tertiary/aromatic N) is 3. The number of rotatable bonds is 4. The molecule has 1 aromatic rings. The van der Waals surface area contributed by atoms with Crippen LogP contribution in [0.25, 0.3) is 0 Å². The van der Waals surface area contributed by atoms with E-state index in [2.05, 4.69) is 20.3 Å². The molecule has 1 aromatic heterocycles. The van der Waals surface area contributed by atoms with Crippen molar-refractivity contribution in [3.8, 4) is 0 Å². The van der Waals surface area contributed by atoms with Gasteiger partial charge in [-0.15, -0.1) is 0 Å². The number of aromatic nitrogens is 3. The summed E-state index contributed by atoms with van der Waals surface area (Å²) in [4.78, 5) is 11.1. The van der Waals surface area contributed by atoms with Crippen molar-refractivity contribution in [1.82, 2.24) is 15.0 Å². The van der Waals surface area contributed by atoms with Gasteiger partial charge in [0.25, 0.3) is 0 Å². The molecule has 0 aliphatic rings. The Morgan fingerprint density at radius 2 is 1.65 bits per heavy atom. The van der Waals surface area contributed by atoms with Gasteiger partial charge < -0.3 is 5.32 Å². The predicted octanol–water partition coefficient (Wildman–Crippen LogP) is 1.41. The first-order chi connectivity index (χ1) is 7.62. The predicted molar refractivity (Wildman–Crippen MR) is 67.3 cm³/mol. The number of nitrogens with one attached hydrogen (secondary N) is 1. The van der Waals surface area contributed by atoms with Crippen molar-refractivity contribution in [2.45, 2.75) is 18.6 Å². The van der Waals surface area contributed by atoms with E-state index in [9.17, 15) is 8.42 Å². The van der Waals surface area contributed by atoms with E-state index >= 15 is 0 Å². The van der Waals surface area contributed by atoms with Crippen molar-refractivity contribution in [3.63, 3.8) is 0 Å². The number of sulfone groups is 1. The number of hydrogen-bond acceptors (Lipinski definition) is 6. The summed E-state index contributed by atoms with van der Waals surface area (Å²) >= 11 is 11.2. The van der Waals surface area contributed by atoms with E-state index in [1.165, 1.54) is 6.26 Å². The fourth-order valence-corrected chi connectivity index (χ4v) is 1.53. The van der Waals surface area contributed by atoms with Crippen molar-refractivity contribution in [2.75, 3.05) is 18.1 Å². The topological polar surface area (TPSA) is 84.8 Å². The highest BCUT2D eigenvalue weighted by molar-refractivity contribution is 7.92. The van der Waals surface area contributed by atoms with Crippen LogP contribution in [-0.2, 0) is 9.84 Å². The molecule has 0 radical (unpaired) electrons. The van der Waals surface area contributed by atoms with Gasteiger partial charge in [-0.25, -0.2) is 8.42 Å². The van der Waals surface area contributed by atoms with E-state index in [-0.39, 0.29) is 23.1 Å². The average Bonchev–Trinajstić information content (AvgIpc) is 2.11. The molecule has 1 heterocycles. The summed E-state index contributed by atoms with van der Waals surface area (Å²) in [7, 11) is -3.19. The summed E-state index contributed by atoms with van der Waals surface area (Å²) in [5.74, 6) is 0.145. The van der Waals surface area contributed by atoms with Crippen LogP contribution >= 0.6 is 23.2 Å². The van der Waals surface area contributed by atoms with Crippen molar-refractivity contribution in [1.29, 1.82) is 0 Å². The number of anilines is 1. The summed E-state index contributed by atoms with van der Waals surface area (Å²) in [5.41, 5.74) is 0. The molecule has 0 aliphatic heterocycles. The fourth-order valence-electron chi connectivity index (χ4n) is 0.828. The molecule has 96 valence electrons. The first kappa shape index (κ1) is 14.4. The van der Waals surface area contributed by atoms with Crippen LogP contribution in [0.3, 0.4) is 0 Å². The van der Waals surface area contributed by atoms with E-state index in [0.717, 1.165) is 0 Å². The molecule has 0 unspecified atom stereocenters. The molecular formula is C8H12Cl2N4O2S. The van der Waals surface area contributed by atoms with Crippen LogP contribution in [0.1, 0.15) is 13.8 Å². The second kappa shape index (κ2) is 4.91. The van der Waals surface area contributed by atoms with E-state index in [1.54, 1.807) is 13.8 Å². The zero-order chi connectivity index (χ0) is 13.3. The molecule has 1 N–H and O–H groups in total. The van der Waals surface area contributed by atoms with Gasteiger partial charge in [-0.2, -0.15) is 15.0 Å². The van der Waals surface area contributed by atoms with Gasteiger partial charge in [0.2, 0.25) is 16.5 Å². The van der Waals surface area contributed by atoms with Crippen LogP contribution in [0.2, 0.25) is 10.6 Å². The molecule has 0 spiro atoms. The maximum absolute atomic E-state index is 11.5. The Morgan fingerprint density at radius 3 is 2.06 bits per heavy atom. The van der Waals surface area contributed by atoms with Crippen LogP contribution < -0.4 is 5.32 Å². The van der Waals surface area contributed by atoms with Crippen molar-refractivity contribution in [2.24, 2.45) is 0 Å². The molecule has 1 rings (SSSR count). The molecule has 0 fully saturated rings. The summed E-state index contributed by atoms with van der Waals surface area (Å²) in [6, 6.07) is 0. The standard InChI is InChI=1S/C8H12Cl2N4O2S/c1-8(2,17(3,15)16)4-11-7-13-5(9)12-6(10)14-7/h4H2,1-3H3,(H,11,12,13,14). The van der Waals surface area contributed by atoms with Crippen molar-refractivity contribution < 1.29 is 8.42 Å². The molecule has 0 amide bonds. The van der Waals surface area contributed by atoms with Crippen molar-refractivity contribution in [3.05, 3.63) is 10.6 Å². The molecule has 0 saturated heterocycles. The van der Waals surface area contributed by atoms with E-state index in [4.69, 9.17) is 23.2 Å². The summed E-state index contributed by atoms with van der Waals surface area (Å²) in [6.45, 7) is 3.34. The fraction of sp³-hybridized carbons (Fsp3) is 0.625. The lowest BCUT2D eigenvalue weighted by molar-refractivity contribution is 0.559. The molecule has 6 nitrogen and oxygen atoms in total. The van der Waals surface area contributed by atoms with Gasteiger partial charge in [0.05, 0.1) is 4.75 Å². The highest BCUT2D eigenvalue weighted by Crippen LogP contribution is 2.16. The minimum Gasteiger partial charge on any atom is -0.352 e. The third-order valence-corrected chi connectivity index (χ3v) is 4.75. The summed E-state index contributed by atoms with van der Waals surface area (Å²) in [5, 5.41) is 2.66. The normalized spacial score (nSPS) is 12.5. The maximum atomic E-state index is 11.5. The molecule has 0 aliphatic carbocycles. The minimum atomic E-state index is -3.19. The van der Waals surface area contributed by atoms with Gasteiger partial charge in [-0.3, -0.25) is 0 Å². The molecule has 0 bridgehead atoms. The van der Waals surface area contributed by atoms with E-state index < -0.39 is 14.6 Å². The van der Waals surface area contributed by atoms with Crippen LogP contribution in [0.4, 0.5) is 5.95 Å². The van der Waals surface area contributed by atoms with Gasteiger partial charge in [-0.05, 0) is 37.0 Å². The Hall–Kier alpha value is -0.660. The van der Waals surface area contributed by atoms with E-state index in [1.807, 2.05) is 0 Å². The Kier molecular flexibility index (Phi) is 4.16. The van der Waals surface area contributed by atoms with Gasteiger partial charge in [0.1, 0.15) is 0 Å². The third-order valence-electron chi connectivity index (χ3n) is 2.26. The van der Waals surface area contributed by atoms with Crippen LogP contribution in [0.15, 0.2) is 0 Å². The number of hydrogen-bond donors (Lipinski definition) is 1. The summed E-state index contributed by atoms with van der Waals surface area (Å²) < 4.78 is 22.0. The molecule has 0 atom stereocenters. The second-order valence-electron chi connectivity index (χ2n) is 4.08. The van der Waals surface area contributed by atoms with Gasteiger partial charge in [0.15, 0.2) is 9.84 Å². The van der Waals surface area contributed by atoms with Crippen LogP contribution in [0.5, 0.6) is 0 Å². The molecule has 0 aromatic carbocycles. The maximum Gasteiger partial charge on any atom is 0.228 e. The highest BCUT2D eigenvalue weighted by atomic mass is 35.5. The first-order valence-corrected chi connectivity index (χ1v) is 7.27. The van der Waals surface area contributed by atoms with E-state index in [0.29, 0.717) is 0 Å². The second-order valence-corrected chi connectivity index (χ2v) is 7.41. The lowest BCUT2D eigenvalue weighted by atomic mass is 10.2. The van der Waals surface area contributed by atoms with Crippen molar-refractivity contribution >= 4 is 39.0 Å². The molecule has 9 heteroatoms. The SMILES string of the molecule is CC(C)(CNc1nc(Cl)nc(Cl)n1)S(C)(=O)=O. The monoisotopic (exact) mass is 298 g/mol. The number of halogens is 2. The average molecular weight is 299 g/mol. The smallest absolute Gasteiger partial charge is 0.228 e. The quantitative estimate of drug-likeness (QED) is 0.905. The molecule has 17 heavy (non-hydrogen) atoms. The van der Waals surface area contributed by atoms with Crippen LogP contribution in [-0.4, -0.2) is 40.9 Å². The van der Waals surface area contributed by atoms with Gasteiger partial charge in [0, 0.05) is 12.8 Å². The van der Waals surface area contributed by atoms with Gasteiger partial charge in [-0.1, -0.05) is 0 Å². The lowest BCUT2D eigenvalue weighted by Crippen LogP contribution is -2.38. The lowest BCUT2D eigenvalue weighted by Gasteiger charge is -2.22. The molecule has 0 saturated carbocycles. The third kappa shape index (κ3) is 3.93. The Balaban J connectivity index is 2.81. The Morgan fingerprint density at radius 1 is 1.18 bits per heavy atom. The highest BCUT2D eigenvalue weighted by Gasteiger charge is 2.30.